The topological polar surface area (TPSA) is 12.0 Å². The van der Waals surface area contributed by atoms with Crippen LogP contribution in [0.3, 0.4) is 0 Å². The molecule has 0 aliphatic carbocycles. The summed E-state index contributed by atoms with van der Waals surface area (Å²) in [6.07, 6.45) is 0. The van der Waals surface area contributed by atoms with Gasteiger partial charge in [0.05, 0.1) is 0 Å². The zero-order valence-electron chi connectivity index (χ0n) is 7.93. The highest BCUT2D eigenvalue weighted by Crippen LogP contribution is 2.22. The van der Waals surface area contributed by atoms with Crippen molar-refractivity contribution in [1.82, 2.24) is 5.32 Å². The first-order chi connectivity index (χ1) is 6.09. The van der Waals surface area contributed by atoms with Crippen LogP contribution in [0.1, 0.15) is 22.7 Å². The molecule has 72 valence electrons. The summed E-state index contributed by atoms with van der Waals surface area (Å²) in [5.41, 5.74) is 0. The molecule has 0 saturated carbocycles. The average Bonchev–Trinajstić information content (AvgIpc) is 2.47. The second-order valence-corrected chi connectivity index (χ2v) is 4.92. The van der Waals surface area contributed by atoms with Crippen molar-refractivity contribution in [3.05, 3.63) is 33.5 Å². The van der Waals surface area contributed by atoms with Gasteiger partial charge in [0.2, 0.25) is 0 Å². The van der Waals surface area contributed by atoms with Crippen LogP contribution in [-0.2, 0) is 0 Å². The van der Waals surface area contributed by atoms with Gasteiger partial charge in [-0.3, -0.25) is 0 Å². The normalized spacial score (nSPS) is 12.8. The third-order valence-corrected chi connectivity index (χ3v) is 3.11. The van der Waals surface area contributed by atoms with Gasteiger partial charge in [-0.05, 0) is 26.0 Å². The molecule has 0 aliphatic heterocycles. The van der Waals surface area contributed by atoms with E-state index >= 15 is 0 Å². The molecule has 0 bridgehead atoms. The Kier molecular flexibility index (Phi) is 3.97. The van der Waals surface area contributed by atoms with Crippen molar-refractivity contribution < 1.29 is 0 Å². The van der Waals surface area contributed by atoms with E-state index in [1.807, 2.05) is 11.3 Å². The summed E-state index contributed by atoms with van der Waals surface area (Å²) in [4.78, 5) is 2.68. The first-order valence-electron chi connectivity index (χ1n) is 4.22. The number of nitrogens with one attached hydrogen (secondary N) is 1. The molecule has 1 unspecified atom stereocenters. The van der Waals surface area contributed by atoms with Crippen LogP contribution in [0.15, 0.2) is 23.7 Å². The second kappa shape index (κ2) is 4.80. The van der Waals surface area contributed by atoms with Gasteiger partial charge in [0.1, 0.15) is 0 Å². The van der Waals surface area contributed by atoms with E-state index in [1.54, 1.807) is 0 Å². The molecule has 1 atom stereocenters. The fourth-order valence-electron chi connectivity index (χ4n) is 1.05. The summed E-state index contributed by atoms with van der Waals surface area (Å²) in [6.45, 7) is 8.54. The molecular formula is C10H14ClNS. The maximum atomic E-state index is 5.66. The van der Waals surface area contributed by atoms with E-state index < -0.39 is 0 Å². The van der Waals surface area contributed by atoms with E-state index in [9.17, 15) is 0 Å². The number of halogens is 1. The lowest BCUT2D eigenvalue weighted by Gasteiger charge is -2.10. The van der Waals surface area contributed by atoms with Crippen molar-refractivity contribution in [2.24, 2.45) is 0 Å². The van der Waals surface area contributed by atoms with Crippen LogP contribution in [0.25, 0.3) is 0 Å². The first kappa shape index (κ1) is 10.8. The molecule has 0 spiro atoms. The summed E-state index contributed by atoms with van der Waals surface area (Å²) in [5.74, 6) is 0. The lowest BCUT2D eigenvalue weighted by atomic mass is 10.3. The average molecular weight is 216 g/mol. The fourth-order valence-corrected chi connectivity index (χ4v) is 2.03. The van der Waals surface area contributed by atoms with E-state index in [-0.39, 0.29) is 0 Å². The minimum atomic E-state index is 0.356. The van der Waals surface area contributed by atoms with Crippen LogP contribution in [0.5, 0.6) is 0 Å². The van der Waals surface area contributed by atoms with Gasteiger partial charge in [-0.1, -0.05) is 18.2 Å². The lowest BCUT2D eigenvalue weighted by molar-refractivity contribution is 0.624. The monoisotopic (exact) mass is 215 g/mol. The third-order valence-electron chi connectivity index (χ3n) is 1.79. The first-order valence-corrected chi connectivity index (χ1v) is 5.42. The van der Waals surface area contributed by atoms with Crippen molar-refractivity contribution in [1.29, 1.82) is 0 Å². The predicted octanol–water partition coefficient (Wildman–Crippen LogP) is 3.46. The largest absolute Gasteiger partial charge is 0.304 e. The molecule has 0 amide bonds. The van der Waals surface area contributed by atoms with E-state index in [0.29, 0.717) is 17.6 Å². The van der Waals surface area contributed by atoms with Gasteiger partial charge in [-0.2, -0.15) is 0 Å². The van der Waals surface area contributed by atoms with Crippen LogP contribution in [-0.4, -0.2) is 6.54 Å². The van der Waals surface area contributed by atoms with Crippen molar-refractivity contribution in [3.8, 4) is 0 Å². The molecule has 1 aromatic rings. The smallest absolute Gasteiger partial charge is 0.0389 e. The summed E-state index contributed by atoms with van der Waals surface area (Å²) >= 11 is 7.47. The Morgan fingerprint density at radius 1 is 1.69 bits per heavy atom. The number of hydrogen-bond donors (Lipinski definition) is 1. The van der Waals surface area contributed by atoms with E-state index in [2.05, 4.69) is 37.9 Å². The number of thiophene rings is 1. The van der Waals surface area contributed by atoms with Gasteiger partial charge >= 0.3 is 0 Å². The lowest BCUT2D eigenvalue weighted by Crippen LogP contribution is -2.18. The van der Waals surface area contributed by atoms with E-state index in [4.69, 9.17) is 11.6 Å². The fraction of sp³-hybridized carbons (Fsp3) is 0.400. The Labute approximate surface area is 88.4 Å². The van der Waals surface area contributed by atoms with Crippen LogP contribution < -0.4 is 5.32 Å². The number of hydrogen-bond acceptors (Lipinski definition) is 2. The highest BCUT2D eigenvalue weighted by Gasteiger charge is 2.06. The Morgan fingerprint density at radius 2 is 2.38 bits per heavy atom. The van der Waals surface area contributed by atoms with E-state index in [0.717, 1.165) is 0 Å². The Hall–Kier alpha value is -0.310. The highest BCUT2D eigenvalue weighted by atomic mass is 35.5. The Bertz CT molecular complexity index is 293. The predicted molar refractivity (Wildman–Crippen MR) is 60.5 cm³/mol. The maximum absolute atomic E-state index is 5.66. The molecule has 1 aromatic heterocycles. The third kappa shape index (κ3) is 3.51. The molecule has 0 aromatic carbocycles. The zero-order valence-corrected chi connectivity index (χ0v) is 9.50. The minimum absolute atomic E-state index is 0.356. The molecule has 1 N–H and O–H groups in total. The standard InChI is InChI=1S/C10H14ClNS/c1-7(11)6-12-9(3)10-5-4-8(2)13-10/h4-5,9,12H,1,6H2,2-3H3. The highest BCUT2D eigenvalue weighted by molar-refractivity contribution is 7.12. The van der Waals surface area contributed by atoms with Crippen molar-refractivity contribution in [2.45, 2.75) is 19.9 Å². The molecule has 1 heterocycles. The molecular weight excluding hydrogens is 202 g/mol. The Morgan fingerprint density at radius 3 is 2.85 bits per heavy atom. The van der Waals surface area contributed by atoms with Gasteiger partial charge in [0.15, 0.2) is 0 Å². The van der Waals surface area contributed by atoms with Crippen LogP contribution >= 0.6 is 22.9 Å². The number of rotatable bonds is 4. The minimum Gasteiger partial charge on any atom is -0.304 e. The molecule has 13 heavy (non-hydrogen) atoms. The maximum Gasteiger partial charge on any atom is 0.0389 e. The zero-order chi connectivity index (χ0) is 9.84. The SMILES string of the molecule is C=C(Cl)CNC(C)c1ccc(C)s1. The molecule has 0 fully saturated rings. The van der Waals surface area contributed by atoms with Gasteiger partial charge in [0, 0.05) is 27.4 Å². The van der Waals surface area contributed by atoms with Gasteiger partial charge in [-0.25, -0.2) is 0 Å². The molecule has 0 saturated heterocycles. The van der Waals surface area contributed by atoms with Gasteiger partial charge < -0.3 is 5.32 Å². The van der Waals surface area contributed by atoms with Gasteiger partial charge in [-0.15, -0.1) is 11.3 Å². The second-order valence-electron chi connectivity index (χ2n) is 3.07. The molecule has 0 aliphatic rings. The summed E-state index contributed by atoms with van der Waals surface area (Å²) < 4.78 is 0. The van der Waals surface area contributed by atoms with Crippen LogP contribution in [0.4, 0.5) is 0 Å². The molecule has 1 nitrogen and oxygen atoms in total. The Balaban J connectivity index is 2.48. The van der Waals surface area contributed by atoms with Crippen molar-refractivity contribution in [2.75, 3.05) is 6.54 Å². The summed E-state index contributed by atoms with van der Waals surface area (Å²) in [5, 5.41) is 3.94. The molecule has 0 radical (unpaired) electrons. The van der Waals surface area contributed by atoms with Crippen LogP contribution in [0.2, 0.25) is 0 Å². The van der Waals surface area contributed by atoms with Crippen molar-refractivity contribution in [3.63, 3.8) is 0 Å². The van der Waals surface area contributed by atoms with Gasteiger partial charge in [0.25, 0.3) is 0 Å². The molecule has 3 heteroatoms. The summed E-state index contributed by atoms with van der Waals surface area (Å²) in [7, 11) is 0. The summed E-state index contributed by atoms with van der Waals surface area (Å²) in [6, 6.07) is 4.64. The van der Waals surface area contributed by atoms with Crippen molar-refractivity contribution >= 4 is 22.9 Å². The van der Waals surface area contributed by atoms with E-state index in [1.165, 1.54) is 9.75 Å². The molecule has 1 rings (SSSR count). The quantitative estimate of drug-likeness (QED) is 0.811. The number of aryl methyl sites for hydroxylation is 1. The van der Waals surface area contributed by atoms with Crippen LogP contribution in [0, 0.1) is 6.92 Å².